The van der Waals surface area contributed by atoms with Crippen LogP contribution in [-0.4, -0.2) is 38.7 Å². The molecule has 0 amide bonds. The maximum Gasteiger partial charge on any atom is 0.355 e. The highest BCUT2D eigenvalue weighted by atomic mass is 35.5. The summed E-state index contributed by atoms with van der Waals surface area (Å²) in [5, 5.41) is 10.8. The predicted octanol–water partition coefficient (Wildman–Crippen LogP) is 2.47. The van der Waals surface area contributed by atoms with E-state index in [1.54, 1.807) is 7.05 Å². The second kappa shape index (κ2) is 9.41. The van der Waals surface area contributed by atoms with Crippen LogP contribution >= 0.6 is 11.6 Å². The second-order valence-electron chi connectivity index (χ2n) is 8.25. The molecule has 5 aromatic rings. The molecule has 0 bridgehead atoms. The van der Waals surface area contributed by atoms with E-state index in [1.807, 2.05) is 0 Å². The summed E-state index contributed by atoms with van der Waals surface area (Å²) in [4.78, 5) is 34.1. The number of rotatable bonds is 6. The molecule has 196 valence electrons. The van der Waals surface area contributed by atoms with Crippen molar-refractivity contribution < 1.29 is 17.6 Å². The van der Waals surface area contributed by atoms with E-state index in [9.17, 15) is 27.2 Å². The average molecular weight is 550 g/mol. The van der Waals surface area contributed by atoms with Crippen LogP contribution in [0.1, 0.15) is 11.4 Å². The van der Waals surface area contributed by atoms with Crippen LogP contribution in [0.15, 0.2) is 40.2 Å². The fourth-order valence-electron chi connectivity index (χ4n) is 3.76. The van der Waals surface area contributed by atoms with Crippen LogP contribution in [0.5, 0.6) is 0 Å². The molecule has 0 unspecified atom stereocenters. The molecule has 0 fully saturated rings. The fraction of sp³-hybridized carbons (Fsp3) is 0.182. The minimum atomic E-state index is -1.42. The van der Waals surface area contributed by atoms with Crippen LogP contribution in [0.4, 0.5) is 29.2 Å². The van der Waals surface area contributed by atoms with Gasteiger partial charge in [0, 0.05) is 25.7 Å². The molecule has 0 saturated heterocycles. The predicted molar refractivity (Wildman–Crippen MR) is 127 cm³/mol. The molecular formula is C22H16ClF4N9O2. The van der Waals surface area contributed by atoms with Crippen LogP contribution < -0.4 is 16.7 Å². The van der Waals surface area contributed by atoms with E-state index >= 15 is 0 Å². The fourth-order valence-corrected chi connectivity index (χ4v) is 3.97. The number of hydrogen-bond acceptors (Lipinski definition) is 7. The lowest BCUT2D eigenvalue weighted by molar-refractivity contribution is 0.485. The maximum atomic E-state index is 14.5. The average Bonchev–Trinajstić information content (AvgIpc) is 3.39. The van der Waals surface area contributed by atoms with Gasteiger partial charge in [-0.25, -0.2) is 37.0 Å². The Morgan fingerprint density at radius 3 is 2.37 bits per heavy atom. The molecule has 0 saturated carbocycles. The van der Waals surface area contributed by atoms with Gasteiger partial charge in [0.1, 0.15) is 12.1 Å². The number of nitrogens with zero attached hydrogens (tertiary/aromatic N) is 8. The van der Waals surface area contributed by atoms with Gasteiger partial charge in [-0.05, 0) is 18.2 Å². The molecule has 38 heavy (non-hydrogen) atoms. The number of benzene rings is 2. The zero-order valence-electron chi connectivity index (χ0n) is 19.6. The van der Waals surface area contributed by atoms with Gasteiger partial charge in [0.15, 0.2) is 17.5 Å². The highest BCUT2D eigenvalue weighted by Gasteiger charge is 2.20. The summed E-state index contributed by atoms with van der Waals surface area (Å²) in [6, 6.07) is 3.56. The topological polar surface area (TPSA) is 117 Å². The lowest BCUT2D eigenvalue weighted by Gasteiger charge is -2.16. The van der Waals surface area contributed by atoms with Gasteiger partial charge in [-0.2, -0.15) is 19.6 Å². The van der Waals surface area contributed by atoms with Gasteiger partial charge in [0.05, 0.1) is 34.7 Å². The summed E-state index contributed by atoms with van der Waals surface area (Å²) in [7, 11) is 2.97. The van der Waals surface area contributed by atoms with Crippen molar-refractivity contribution >= 4 is 34.1 Å². The van der Waals surface area contributed by atoms with Crippen molar-refractivity contribution in [2.45, 2.75) is 13.1 Å². The molecule has 0 aliphatic carbocycles. The highest BCUT2D eigenvalue weighted by Crippen LogP contribution is 2.30. The van der Waals surface area contributed by atoms with E-state index in [0.717, 1.165) is 9.25 Å². The van der Waals surface area contributed by atoms with Crippen molar-refractivity contribution in [3.8, 4) is 0 Å². The Bertz CT molecular complexity index is 1840. The van der Waals surface area contributed by atoms with Crippen LogP contribution in [-0.2, 0) is 27.2 Å². The molecule has 2 aromatic carbocycles. The Kier molecular flexibility index (Phi) is 6.22. The first-order chi connectivity index (χ1) is 18.0. The van der Waals surface area contributed by atoms with E-state index in [0.29, 0.717) is 16.7 Å². The van der Waals surface area contributed by atoms with Gasteiger partial charge in [-0.3, -0.25) is 9.25 Å². The molecule has 0 aliphatic heterocycles. The van der Waals surface area contributed by atoms with Crippen LogP contribution in [0.25, 0.3) is 10.9 Å². The molecule has 0 spiro atoms. The summed E-state index contributed by atoms with van der Waals surface area (Å²) >= 11 is 6.31. The Labute approximate surface area is 214 Å². The van der Waals surface area contributed by atoms with Crippen molar-refractivity contribution in [2.24, 2.45) is 14.1 Å². The van der Waals surface area contributed by atoms with E-state index < -0.39 is 52.8 Å². The van der Waals surface area contributed by atoms with Crippen molar-refractivity contribution in [2.75, 3.05) is 5.32 Å². The van der Waals surface area contributed by atoms with Crippen molar-refractivity contribution in [3.05, 3.63) is 91.4 Å². The molecule has 3 aromatic heterocycles. The Hall–Kier alpha value is -4.53. The molecular weight excluding hydrogens is 534 g/mol. The molecule has 0 radical (unpaired) electrons. The lowest BCUT2D eigenvalue weighted by atomic mass is 10.2. The highest BCUT2D eigenvalue weighted by molar-refractivity contribution is 6.34. The largest absolute Gasteiger partial charge is 0.355 e. The van der Waals surface area contributed by atoms with Crippen molar-refractivity contribution in [3.63, 3.8) is 0 Å². The number of aryl methyl sites for hydroxylation is 2. The Balaban J connectivity index is 1.66. The first-order valence-electron chi connectivity index (χ1n) is 10.8. The van der Waals surface area contributed by atoms with Gasteiger partial charge in [0.2, 0.25) is 11.9 Å². The van der Waals surface area contributed by atoms with Gasteiger partial charge in [-0.1, -0.05) is 11.6 Å². The van der Waals surface area contributed by atoms with E-state index in [1.165, 1.54) is 30.2 Å². The third-order valence-corrected chi connectivity index (χ3v) is 5.92. The molecule has 3 heterocycles. The third-order valence-electron chi connectivity index (χ3n) is 5.61. The number of anilines is 2. The quantitative estimate of drug-likeness (QED) is 0.255. The minimum Gasteiger partial charge on any atom is -0.324 e. The molecule has 11 nitrogen and oxygen atoms in total. The maximum absolute atomic E-state index is 14.5. The van der Waals surface area contributed by atoms with Crippen LogP contribution in [0, 0.1) is 23.4 Å². The normalized spacial score (nSPS) is 11.4. The smallest absolute Gasteiger partial charge is 0.324 e. The molecule has 0 aliphatic rings. The van der Waals surface area contributed by atoms with Crippen LogP contribution in [0.3, 0.4) is 0 Å². The van der Waals surface area contributed by atoms with Crippen LogP contribution in [0.2, 0.25) is 5.02 Å². The first kappa shape index (κ1) is 25.1. The molecule has 5 rings (SSSR count). The molecule has 1 N–H and O–H groups in total. The SMILES string of the molecule is Cn1cnc(Cn2c(=O)nc(Nc3cc4c(F)n(C)nc4cc3Cl)n(Cc3cc(F)c(F)cc3F)c2=O)n1. The molecule has 16 heteroatoms. The third kappa shape index (κ3) is 4.51. The standard InChI is InChI=1S/C22H16ClF4N9O2/c1-33-9-28-18(32-33)8-36-21(37)30-20(29-17-4-11-16(5-12(17)23)31-34(2)19(11)27)35(22(36)38)7-10-3-14(25)15(26)6-13(10)24/h3-6,9H,7-8H2,1-2H3,(H,29,30,37). The van der Waals surface area contributed by atoms with E-state index in [4.69, 9.17) is 11.6 Å². The summed E-state index contributed by atoms with van der Waals surface area (Å²) in [5.41, 5.74) is -2.13. The Morgan fingerprint density at radius 2 is 1.66 bits per heavy atom. The second-order valence-corrected chi connectivity index (χ2v) is 8.66. The number of halogens is 5. The summed E-state index contributed by atoms with van der Waals surface area (Å²) in [6.07, 6.45) is 1.36. The number of nitrogens with one attached hydrogen (secondary N) is 1. The van der Waals surface area contributed by atoms with Gasteiger partial charge < -0.3 is 5.32 Å². The van der Waals surface area contributed by atoms with E-state index in [-0.39, 0.29) is 34.0 Å². The van der Waals surface area contributed by atoms with Crippen molar-refractivity contribution in [1.82, 2.24) is 38.7 Å². The monoisotopic (exact) mass is 549 g/mol. The zero-order valence-corrected chi connectivity index (χ0v) is 20.3. The zero-order chi connectivity index (χ0) is 27.3. The number of hydrogen-bond donors (Lipinski definition) is 1. The molecule has 0 atom stereocenters. The van der Waals surface area contributed by atoms with Gasteiger partial charge in [-0.15, -0.1) is 0 Å². The van der Waals surface area contributed by atoms with Crippen molar-refractivity contribution in [1.29, 1.82) is 0 Å². The first-order valence-corrected chi connectivity index (χ1v) is 11.2. The summed E-state index contributed by atoms with van der Waals surface area (Å²) < 4.78 is 60.2. The number of fused-ring (bicyclic) bond motifs is 1. The lowest BCUT2D eigenvalue weighted by Crippen LogP contribution is -2.43. The summed E-state index contributed by atoms with van der Waals surface area (Å²) in [5.74, 6) is -4.88. The van der Waals surface area contributed by atoms with Gasteiger partial charge >= 0.3 is 11.4 Å². The minimum absolute atomic E-state index is 0.0391. The summed E-state index contributed by atoms with van der Waals surface area (Å²) in [6.45, 7) is -1.03. The number of aromatic nitrogens is 8. The van der Waals surface area contributed by atoms with E-state index in [2.05, 4.69) is 25.5 Å². The van der Waals surface area contributed by atoms with Gasteiger partial charge in [0.25, 0.3) is 0 Å². The Morgan fingerprint density at radius 1 is 0.921 bits per heavy atom.